The lowest BCUT2D eigenvalue weighted by Crippen LogP contribution is -2.81. The molecule has 0 fully saturated rings. The van der Waals surface area contributed by atoms with Crippen LogP contribution >= 0.6 is 0 Å². The topological polar surface area (TPSA) is 38.3 Å². The molecule has 0 aliphatic rings. The fourth-order valence-electron chi connectivity index (χ4n) is 3.09. The molecule has 1 aromatic carbocycles. The molecule has 308 valence electrons. The van der Waals surface area contributed by atoms with E-state index in [2.05, 4.69) is 0 Å². The van der Waals surface area contributed by atoms with Crippen LogP contribution in [0.3, 0.4) is 0 Å². The molecule has 0 atom stereocenters. The number of hydrogen-bond donors (Lipinski definition) is 1. The maximum atomic E-state index is 14.4. The molecule has 0 aliphatic carbocycles. The van der Waals surface area contributed by atoms with Gasteiger partial charge in [-0.2, -0.15) is 80.1 Å². The van der Waals surface area contributed by atoms with Crippen molar-refractivity contribution in [2.75, 3.05) is 0 Å². The van der Waals surface area contributed by atoms with E-state index in [0.29, 0.717) is 0 Å². The molecular formula is C19HF30N2O2+. The number of allylic oxidation sites excluding steroid dienone is 1. The lowest BCUT2D eigenvalue weighted by molar-refractivity contribution is -1.20. The minimum atomic E-state index is -9.36. The van der Waals surface area contributed by atoms with Crippen LogP contribution in [-0.4, -0.2) is 71.0 Å². The number of alkyl halides is 23. The molecule has 0 aromatic heterocycles. The normalized spacial score (nSPS) is 15.7. The van der Waals surface area contributed by atoms with E-state index in [1.165, 1.54) is 4.74 Å². The highest BCUT2D eigenvalue weighted by Gasteiger charge is 2.94. The van der Waals surface area contributed by atoms with E-state index in [-0.39, 0.29) is 0 Å². The Kier molecular flexibility index (Phi) is 11.4. The Morgan fingerprint density at radius 3 is 1.09 bits per heavy atom. The zero-order chi connectivity index (χ0) is 43.1. The second kappa shape index (κ2) is 12.9. The average molecular weight is 859 g/mol. The number of carbonyl (C=O) groups is 1. The third kappa shape index (κ3) is 6.53. The molecule has 0 unspecified atom stereocenters. The quantitative estimate of drug-likeness (QED) is 0.0352. The monoisotopic (exact) mass is 859 g/mol. The van der Waals surface area contributed by atoms with Gasteiger partial charge in [0.1, 0.15) is 5.56 Å². The van der Waals surface area contributed by atoms with E-state index in [9.17, 15) is 137 Å². The maximum Gasteiger partial charge on any atom is 0.612 e. The Labute approximate surface area is 265 Å². The van der Waals surface area contributed by atoms with Crippen LogP contribution in [0, 0.1) is 29.1 Å². The van der Waals surface area contributed by atoms with Crippen molar-refractivity contribution < 1.29 is 146 Å². The largest absolute Gasteiger partial charge is 0.612 e. The third-order valence-corrected chi connectivity index (χ3v) is 5.85. The number of rotatable bonds is 11. The highest BCUT2D eigenvalue weighted by atomic mass is 19.4. The predicted octanol–water partition coefficient (Wildman–Crippen LogP) is 9.93. The average Bonchev–Trinajstić information content (AvgIpc) is 2.94. The Morgan fingerprint density at radius 1 is 0.472 bits per heavy atom. The van der Waals surface area contributed by atoms with Crippen molar-refractivity contribution in [1.82, 2.24) is 5.43 Å². The number of hydrogen-bond acceptors (Lipinski definition) is 2. The number of halogens is 30. The Balaban J connectivity index is 4.06. The SMILES string of the molecule is O=C(N[N+](C(F)(F)F)(C(F)(F)F)C(F)(F)OC(F)=C(F)C(F)(F)C(F)(F)C(F)(F)C(F)(F)C(F)(F)C(F)(F)C(F)(F)F)c1c(F)c(F)c(F)c(F)c1F. The third-order valence-electron chi connectivity index (χ3n) is 5.85. The minimum absolute atomic E-state index is 1.35. The van der Waals surface area contributed by atoms with E-state index in [1.807, 2.05) is 0 Å². The van der Waals surface area contributed by atoms with Crippen LogP contribution in [0.25, 0.3) is 0 Å². The van der Waals surface area contributed by atoms with Gasteiger partial charge in [-0.25, -0.2) is 22.0 Å². The summed E-state index contributed by atoms with van der Waals surface area (Å²) in [4.78, 5) is 11.8. The molecule has 0 bridgehead atoms. The summed E-state index contributed by atoms with van der Waals surface area (Å²) >= 11 is 0. The van der Waals surface area contributed by atoms with E-state index >= 15 is 0 Å². The summed E-state index contributed by atoms with van der Waals surface area (Å²) in [5.74, 6) is -82.5. The second-order valence-electron chi connectivity index (χ2n) is 9.11. The van der Waals surface area contributed by atoms with Crippen molar-refractivity contribution >= 4 is 5.91 Å². The van der Waals surface area contributed by atoms with Crippen molar-refractivity contribution in [3.63, 3.8) is 0 Å². The molecule has 0 radical (unpaired) electrons. The van der Waals surface area contributed by atoms with Crippen LogP contribution in [0.4, 0.5) is 132 Å². The van der Waals surface area contributed by atoms with E-state index in [1.54, 1.807) is 0 Å². The summed E-state index contributed by atoms with van der Waals surface area (Å²) in [6, 6.07) is -5.65. The van der Waals surface area contributed by atoms with Crippen LogP contribution < -0.4 is 5.43 Å². The summed E-state index contributed by atoms with van der Waals surface area (Å²) in [5.41, 5.74) is -4.97. The van der Waals surface area contributed by atoms with Gasteiger partial charge in [0.05, 0.1) is 4.59 Å². The van der Waals surface area contributed by atoms with Crippen molar-refractivity contribution in [2.24, 2.45) is 0 Å². The fourth-order valence-corrected chi connectivity index (χ4v) is 3.09. The highest BCUT2D eigenvalue weighted by Crippen LogP contribution is 2.63. The van der Waals surface area contributed by atoms with Gasteiger partial charge in [0.15, 0.2) is 23.3 Å². The number of amides is 1. The standard InChI is InChI=1S/C19F30N2O2/c20-2-1(3(21)5(23)6(24)4(2)22)9(52)50-51(17(42,43)44,18(45,46)47)19(48,49)53-8(26)7(25)10(27,28)11(29,30)12(31,32)13(33,34)14(35,36)15(37,38)16(39,40)41/p+1. The number of benzene rings is 1. The Hall–Kier alpha value is -3.91. The molecule has 1 N–H and O–H groups in total. The highest BCUT2D eigenvalue weighted by molar-refractivity contribution is 5.94. The lowest BCUT2D eigenvalue weighted by Gasteiger charge is -2.41. The Morgan fingerprint density at radius 2 is 0.774 bits per heavy atom. The van der Waals surface area contributed by atoms with Gasteiger partial charge in [0, 0.05) is 0 Å². The zero-order valence-electron chi connectivity index (χ0n) is 22.6. The summed E-state index contributed by atoms with van der Waals surface area (Å²) in [7, 11) is 0. The molecule has 0 aliphatic heterocycles. The molecule has 1 aromatic rings. The number of quaternary nitrogens is 1. The van der Waals surface area contributed by atoms with Gasteiger partial charge in [0.25, 0.3) is 0 Å². The Bertz CT molecular complexity index is 1570. The molecule has 0 saturated carbocycles. The molecule has 0 heterocycles. The first-order valence-corrected chi connectivity index (χ1v) is 11.2. The number of ether oxygens (including phenoxy) is 1. The van der Waals surface area contributed by atoms with Crippen LogP contribution in [-0.2, 0) is 4.74 Å². The van der Waals surface area contributed by atoms with Crippen molar-refractivity contribution in [2.45, 2.75) is 60.5 Å². The predicted molar refractivity (Wildman–Crippen MR) is 97.1 cm³/mol. The van der Waals surface area contributed by atoms with E-state index < -0.39 is 123 Å². The molecular weight excluding hydrogens is 858 g/mol. The first-order chi connectivity index (χ1) is 22.8. The number of carbonyl (C=O) groups excluding carboxylic acids is 1. The molecule has 53 heavy (non-hydrogen) atoms. The molecule has 1 rings (SSSR count). The van der Waals surface area contributed by atoms with Gasteiger partial charge < -0.3 is 4.74 Å². The lowest BCUT2D eigenvalue weighted by atomic mass is 9.91. The van der Waals surface area contributed by atoms with Crippen LogP contribution in [0.1, 0.15) is 10.4 Å². The maximum absolute atomic E-state index is 14.4. The number of nitrogens with zero attached hydrogens (tertiary/aromatic N) is 1. The van der Waals surface area contributed by atoms with Gasteiger partial charge in [-0.3, -0.25) is 4.79 Å². The second-order valence-corrected chi connectivity index (χ2v) is 9.11. The van der Waals surface area contributed by atoms with E-state index in [0.717, 1.165) is 0 Å². The molecule has 4 nitrogen and oxygen atoms in total. The molecule has 0 spiro atoms. The smallest absolute Gasteiger partial charge is 0.353 e. The van der Waals surface area contributed by atoms with Gasteiger partial charge in [-0.05, 0) is 0 Å². The zero-order valence-corrected chi connectivity index (χ0v) is 22.6. The minimum Gasteiger partial charge on any atom is -0.353 e. The van der Waals surface area contributed by atoms with Crippen LogP contribution in [0.2, 0.25) is 0 Å². The number of nitrogens with one attached hydrogen (secondary N) is 1. The first-order valence-electron chi connectivity index (χ1n) is 11.2. The van der Waals surface area contributed by atoms with Gasteiger partial charge in [-0.1, -0.05) is 0 Å². The van der Waals surface area contributed by atoms with Crippen LogP contribution in [0.5, 0.6) is 0 Å². The molecule has 34 heteroatoms. The van der Waals surface area contributed by atoms with Gasteiger partial charge in [-0.15, -0.1) is 35.1 Å². The van der Waals surface area contributed by atoms with Gasteiger partial charge in [0.2, 0.25) is 11.6 Å². The molecule has 0 saturated heterocycles. The van der Waals surface area contributed by atoms with Crippen molar-refractivity contribution in [1.29, 1.82) is 0 Å². The fraction of sp³-hybridized carbons (Fsp3) is 0.526. The summed E-state index contributed by atoms with van der Waals surface area (Å²) in [5, 5.41) is 0. The van der Waals surface area contributed by atoms with Gasteiger partial charge >= 0.3 is 72.5 Å². The van der Waals surface area contributed by atoms with Crippen LogP contribution in [0.15, 0.2) is 11.8 Å². The van der Waals surface area contributed by atoms with E-state index in [4.69, 9.17) is 0 Å². The summed E-state index contributed by atoms with van der Waals surface area (Å²) in [6.07, 6.45) is -33.5. The van der Waals surface area contributed by atoms with Crippen molar-refractivity contribution in [3.05, 3.63) is 46.5 Å². The van der Waals surface area contributed by atoms with Crippen molar-refractivity contribution in [3.8, 4) is 0 Å². The summed E-state index contributed by atoms with van der Waals surface area (Å²) < 4.78 is 397. The first kappa shape index (κ1) is 47.1. The molecule has 1 amide bonds. The summed E-state index contributed by atoms with van der Waals surface area (Å²) in [6.45, 7) is 0.